The zero-order chi connectivity index (χ0) is 10.8. The number of aryl methyl sites for hydroxylation is 1. The molecule has 1 nitrogen and oxygen atoms in total. The van der Waals surface area contributed by atoms with Crippen LogP contribution in [0.2, 0.25) is 0 Å². The van der Waals surface area contributed by atoms with E-state index in [1.54, 1.807) is 0 Å². The summed E-state index contributed by atoms with van der Waals surface area (Å²) in [6.45, 7) is 2.67. The second kappa shape index (κ2) is 4.31. The molecular weight excluding hydrogens is 189 g/mol. The van der Waals surface area contributed by atoms with E-state index in [9.17, 15) is 4.39 Å². The Morgan fingerprint density at radius 3 is 2.93 bits per heavy atom. The summed E-state index contributed by atoms with van der Waals surface area (Å²) in [6, 6.07) is 4.04. The Labute approximate surface area is 90.5 Å². The molecule has 0 radical (unpaired) electrons. The fraction of sp³-hybridized carbons (Fsp3) is 0.538. The Kier molecular flexibility index (Phi) is 3.06. The van der Waals surface area contributed by atoms with Crippen LogP contribution in [0.15, 0.2) is 12.1 Å². The number of rotatable bonds is 3. The van der Waals surface area contributed by atoms with E-state index in [-0.39, 0.29) is 11.7 Å². The molecule has 0 bridgehead atoms. The molecule has 0 amide bonds. The average Bonchev–Trinajstić information content (AvgIpc) is 2.67. The van der Waals surface area contributed by atoms with E-state index in [0.717, 1.165) is 36.8 Å². The Bertz CT molecular complexity index is 360. The van der Waals surface area contributed by atoms with E-state index < -0.39 is 0 Å². The van der Waals surface area contributed by atoms with E-state index in [1.165, 1.54) is 5.56 Å². The largest absolute Gasteiger partial charge is 0.330 e. The van der Waals surface area contributed by atoms with Crippen molar-refractivity contribution in [3.63, 3.8) is 0 Å². The SMILES string of the molecule is CC(CCN)c1ccc2c(c1F)CCC2. The molecular formula is C13H18FN. The minimum atomic E-state index is 0.0333. The fourth-order valence-corrected chi connectivity index (χ4v) is 2.43. The Morgan fingerprint density at radius 1 is 1.40 bits per heavy atom. The molecule has 82 valence electrons. The molecule has 1 aromatic carbocycles. The summed E-state index contributed by atoms with van der Waals surface area (Å²) in [5.74, 6) is 0.270. The smallest absolute Gasteiger partial charge is 0.130 e. The predicted molar refractivity (Wildman–Crippen MR) is 60.5 cm³/mol. The monoisotopic (exact) mass is 207 g/mol. The molecule has 15 heavy (non-hydrogen) atoms. The third-order valence-electron chi connectivity index (χ3n) is 3.37. The van der Waals surface area contributed by atoms with Crippen LogP contribution in [-0.2, 0) is 12.8 Å². The van der Waals surface area contributed by atoms with Crippen molar-refractivity contribution in [3.8, 4) is 0 Å². The Hall–Kier alpha value is -0.890. The number of nitrogens with two attached hydrogens (primary N) is 1. The van der Waals surface area contributed by atoms with E-state index in [1.807, 2.05) is 13.0 Å². The number of hydrogen-bond acceptors (Lipinski definition) is 1. The molecule has 1 aliphatic carbocycles. The quantitative estimate of drug-likeness (QED) is 0.810. The maximum Gasteiger partial charge on any atom is 0.130 e. The Balaban J connectivity index is 2.33. The molecule has 2 heteroatoms. The molecule has 0 fully saturated rings. The first-order chi connectivity index (χ1) is 7.24. The van der Waals surface area contributed by atoms with E-state index in [4.69, 9.17) is 5.73 Å². The van der Waals surface area contributed by atoms with Crippen molar-refractivity contribution in [1.29, 1.82) is 0 Å². The first-order valence-corrected chi connectivity index (χ1v) is 5.74. The van der Waals surface area contributed by atoms with Crippen LogP contribution in [-0.4, -0.2) is 6.54 Å². The number of hydrogen-bond donors (Lipinski definition) is 1. The molecule has 0 aromatic heterocycles. The molecule has 1 aromatic rings. The Morgan fingerprint density at radius 2 is 2.20 bits per heavy atom. The predicted octanol–water partition coefficient (Wildman–Crippen LogP) is 2.77. The summed E-state index contributed by atoms with van der Waals surface area (Å²) in [7, 11) is 0. The van der Waals surface area contributed by atoms with Crippen LogP contribution >= 0.6 is 0 Å². The average molecular weight is 207 g/mol. The highest BCUT2D eigenvalue weighted by molar-refractivity contribution is 5.38. The van der Waals surface area contributed by atoms with Crippen molar-refractivity contribution in [1.82, 2.24) is 0 Å². The topological polar surface area (TPSA) is 26.0 Å². The molecule has 2 rings (SSSR count). The highest BCUT2D eigenvalue weighted by Crippen LogP contribution is 2.30. The molecule has 0 heterocycles. The van der Waals surface area contributed by atoms with Crippen LogP contribution in [0.4, 0.5) is 4.39 Å². The second-order valence-corrected chi connectivity index (χ2v) is 4.44. The van der Waals surface area contributed by atoms with Crippen LogP contribution in [0.3, 0.4) is 0 Å². The lowest BCUT2D eigenvalue weighted by Gasteiger charge is -2.14. The van der Waals surface area contributed by atoms with Crippen molar-refractivity contribution in [2.75, 3.05) is 6.54 Å². The van der Waals surface area contributed by atoms with Gasteiger partial charge < -0.3 is 5.73 Å². The first-order valence-electron chi connectivity index (χ1n) is 5.74. The van der Waals surface area contributed by atoms with Gasteiger partial charge in [-0.2, -0.15) is 0 Å². The number of benzene rings is 1. The van der Waals surface area contributed by atoms with Gasteiger partial charge in [0.25, 0.3) is 0 Å². The van der Waals surface area contributed by atoms with Gasteiger partial charge in [-0.25, -0.2) is 4.39 Å². The number of halogens is 1. The van der Waals surface area contributed by atoms with Crippen molar-refractivity contribution >= 4 is 0 Å². The molecule has 0 saturated heterocycles. The summed E-state index contributed by atoms with van der Waals surface area (Å²) in [5, 5.41) is 0. The highest BCUT2D eigenvalue weighted by atomic mass is 19.1. The minimum Gasteiger partial charge on any atom is -0.330 e. The molecule has 1 unspecified atom stereocenters. The lowest BCUT2D eigenvalue weighted by molar-refractivity contribution is 0.566. The van der Waals surface area contributed by atoms with Crippen LogP contribution in [0.1, 0.15) is 42.4 Å². The van der Waals surface area contributed by atoms with Crippen LogP contribution in [0.25, 0.3) is 0 Å². The second-order valence-electron chi connectivity index (χ2n) is 4.44. The molecule has 1 aliphatic rings. The third kappa shape index (κ3) is 1.91. The highest BCUT2D eigenvalue weighted by Gasteiger charge is 2.20. The molecule has 0 saturated carbocycles. The fourth-order valence-electron chi connectivity index (χ4n) is 2.43. The standard InChI is InChI=1S/C13H18FN/c1-9(7-8-15)11-6-5-10-3-2-4-12(10)13(11)14/h5-6,9H,2-4,7-8,15H2,1H3. The molecule has 0 aliphatic heterocycles. The van der Waals surface area contributed by atoms with Crippen molar-refractivity contribution < 1.29 is 4.39 Å². The van der Waals surface area contributed by atoms with E-state index in [2.05, 4.69) is 6.07 Å². The van der Waals surface area contributed by atoms with Crippen molar-refractivity contribution in [3.05, 3.63) is 34.6 Å². The van der Waals surface area contributed by atoms with Gasteiger partial charge in [0.15, 0.2) is 0 Å². The van der Waals surface area contributed by atoms with Crippen molar-refractivity contribution in [2.45, 2.75) is 38.5 Å². The van der Waals surface area contributed by atoms with Crippen LogP contribution in [0, 0.1) is 5.82 Å². The van der Waals surface area contributed by atoms with Gasteiger partial charge in [0.2, 0.25) is 0 Å². The summed E-state index contributed by atoms with van der Waals surface area (Å²) in [5.41, 5.74) is 8.52. The maximum atomic E-state index is 14.1. The van der Waals surface area contributed by atoms with Crippen LogP contribution in [0.5, 0.6) is 0 Å². The van der Waals surface area contributed by atoms with Gasteiger partial charge >= 0.3 is 0 Å². The van der Waals surface area contributed by atoms with E-state index >= 15 is 0 Å². The maximum absolute atomic E-state index is 14.1. The van der Waals surface area contributed by atoms with Gasteiger partial charge in [-0.05, 0) is 54.8 Å². The summed E-state index contributed by atoms with van der Waals surface area (Å²) >= 11 is 0. The normalized spacial score (nSPS) is 16.5. The van der Waals surface area contributed by atoms with Gasteiger partial charge in [-0.3, -0.25) is 0 Å². The van der Waals surface area contributed by atoms with Gasteiger partial charge in [-0.1, -0.05) is 19.1 Å². The molecule has 0 spiro atoms. The minimum absolute atomic E-state index is 0.0333. The first kappa shape index (κ1) is 10.6. The zero-order valence-corrected chi connectivity index (χ0v) is 9.22. The van der Waals surface area contributed by atoms with Gasteiger partial charge in [0, 0.05) is 0 Å². The summed E-state index contributed by atoms with van der Waals surface area (Å²) in [4.78, 5) is 0. The van der Waals surface area contributed by atoms with Gasteiger partial charge in [0.05, 0.1) is 0 Å². The van der Waals surface area contributed by atoms with Gasteiger partial charge in [0.1, 0.15) is 5.82 Å². The van der Waals surface area contributed by atoms with Gasteiger partial charge in [-0.15, -0.1) is 0 Å². The zero-order valence-electron chi connectivity index (χ0n) is 9.22. The summed E-state index contributed by atoms with van der Waals surface area (Å²) < 4.78 is 14.1. The molecule has 2 N–H and O–H groups in total. The van der Waals surface area contributed by atoms with Crippen molar-refractivity contribution in [2.24, 2.45) is 5.73 Å². The lowest BCUT2D eigenvalue weighted by Crippen LogP contribution is -2.07. The number of fused-ring (bicyclic) bond motifs is 1. The molecule has 1 atom stereocenters. The third-order valence-corrected chi connectivity index (χ3v) is 3.37. The van der Waals surface area contributed by atoms with E-state index in [0.29, 0.717) is 6.54 Å². The van der Waals surface area contributed by atoms with Crippen LogP contribution < -0.4 is 5.73 Å². The lowest BCUT2D eigenvalue weighted by atomic mass is 9.94. The summed E-state index contributed by atoms with van der Waals surface area (Å²) in [6.07, 6.45) is 3.90.